The number of nitrogens with one attached hydrogen (secondary N) is 1. The fourth-order valence-electron chi connectivity index (χ4n) is 2.97. The van der Waals surface area contributed by atoms with E-state index in [2.05, 4.69) is 26.1 Å². The van der Waals surface area contributed by atoms with Gasteiger partial charge in [-0.1, -0.05) is 44.9 Å². The third-order valence-corrected chi connectivity index (χ3v) is 5.74. The van der Waals surface area contributed by atoms with E-state index in [-0.39, 0.29) is 23.2 Å². The van der Waals surface area contributed by atoms with Crippen LogP contribution in [0.1, 0.15) is 56.0 Å². The molecule has 2 amide bonds. The average Bonchev–Trinajstić information content (AvgIpc) is 2.98. The Labute approximate surface area is 155 Å². The molecule has 1 aliphatic heterocycles. The highest BCUT2D eigenvalue weighted by Crippen LogP contribution is 2.34. The van der Waals surface area contributed by atoms with Crippen LogP contribution in [-0.4, -0.2) is 40.4 Å². The first-order chi connectivity index (χ1) is 11.9. The van der Waals surface area contributed by atoms with E-state index in [4.69, 9.17) is 0 Å². The molecule has 1 fully saturated rings. The lowest BCUT2D eigenvalue weighted by atomic mass is 10.1. The number of hydrogen-bond donors (Lipinski definition) is 1. The monoisotopic (exact) mass is 362 g/mol. The number of thioether (sulfide) groups is 1. The first kappa shape index (κ1) is 19.8. The van der Waals surface area contributed by atoms with Crippen LogP contribution in [-0.2, 0) is 4.79 Å². The molecule has 0 bridgehead atoms. The second kappa shape index (κ2) is 9.27. The molecule has 2 rings (SSSR count). The number of amides is 2. The standard InChI is InChI=1S/C20H30N2O2S/c1-5-6-11-21-19(23)17-13-25-18(12-14(2)3)22(17)20(24)16-9-7-15(4)8-10-16/h7-10,14,17-18H,5-6,11-13H2,1-4H3,(H,21,23). The van der Waals surface area contributed by atoms with Gasteiger partial charge in [0.2, 0.25) is 5.91 Å². The predicted molar refractivity (Wildman–Crippen MR) is 105 cm³/mol. The van der Waals surface area contributed by atoms with Gasteiger partial charge in [0, 0.05) is 17.9 Å². The zero-order valence-electron chi connectivity index (χ0n) is 15.7. The van der Waals surface area contributed by atoms with Crippen molar-refractivity contribution < 1.29 is 9.59 Å². The maximum absolute atomic E-state index is 13.1. The van der Waals surface area contributed by atoms with Crippen molar-refractivity contribution in [3.63, 3.8) is 0 Å². The van der Waals surface area contributed by atoms with Crippen LogP contribution >= 0.6 is 11.8 Å². The molecule has 1 aliphatic rings. The summed E-state index contributed by atoms with van der Waals surface area (Å²) in [6.07, 6.45) is 2.91. The zero-order valence-corrected chi connectivity index (χ0v) is 16.6. The molecular formula is C20H30N2O2S. The molecule has 0 spiro atoms. The minimum absolute atomic E-state index is 0.0207. The van der Waals surface area contributed by atoms with Crippen LogP contribution in [0.3, 0.4) is 0 Å². The Hall–Kier alpha value is -1.49. The van der Waals surface area contributed by atoms with E-state index in [1.54, 1.807) is 11.8 Å². The Morgan fingerprint density at radius 1 is 1.28 bits per heavy atom. The molecule has 2 unspecified atom stereocenters. The maximum Gasteiger partial charge on any atom is 0.255 e. The molecule has 1 N–H and O–H groups in total. The largest absolute Gasteiger partial charge is 0.354 e. The quantitative estimate of drug-likeness (QED) is 0.750. The van der Waals surface area contributed by atoms with Gasteiger partial charge in [-0.15, -0.1) is 11.8 Å². The van der Waals surface area contributed by atoms with Gasteiger partial charge >= 0.3 is 0 Å². The van der Waals surface area contributed by atoms with Gasteiger partial charge in [0.15, 0.2) is 0 Å². The zero-order chi connectivity index (χ0) is 18.4. The van der Waals surface area contributed by atoms with Gasteiger partial charge in [0.25, 0.3) is 5.91 Å². The van der Waals surface area contributed by atoms with Crippen LogP contribution in [0.15, 0.2) is 24.3 Å². The van der Waals surface area contributed by atoms with Gasteiger partial charge in [0.1, 0.15) is 6.04 Å². The van der Waals surface area contributed by atoms with E-state index >= 15 is 0 Å². The third-order valence-electron chi connectivity index (χ3n) is 4.43. The number of carbonyl (C=O) groups excluding carboxylic acids is 2. The number of aryl methyl sites for hydroxylation is 1. The lowest BCUT2D eigenvalue weighted by Gasteiger charge is -2.30. The van der Waals surface area contributed by atoms with Crippen molar-refractivity contribution in [2.45, 2.75) is 58.4 Å². The van der Waals surface area contributed by atoms with E-state index in [0.29, 0.717) is 23.8 Å². The summed E-state index contributed by atoms with van der Waals surface area (Å²) in [6.45, 7) is 9.10. The molecule has 1 aromatic rings. The number of unbranched alkanes of at least 4 members (excludes halogenated alkanes) is 1. The van der Waals surface area contributed by atoms with E-state index < -0.39 is 0 Å². The van der Waals surface area contributed by atoms with Gasteiger partial charge in [0.05, 0.1) is 5.37 Å². The van der Waals surface area contributed by atoms with Gasteiger partial charge in [-0.05, 0) is 37.8 Å². The summed E-state index contributed by atoms with van der Waals surface area (Å²) < 4.78 is 0. The third kappa shape index (κ3) is 5.24. The van der Waals surface area contributed by atoms with Crippen LogP contribution in [0.25, 0.3) is 0 Å². The second-order valence-electron chi connectivity index (χ2n) is 7.16. The van der Waals surface area contributed by atoms with Crippen LogP contribution in [0, 0.1) is 12.8 Å². The summed E-state index contributed by atoms with van der Waals surface area (Å²) in [5.74, 6) is 1.10. The minimum atomic E-state index is -0.376. The summed E-state index contributed by atoms with van der Waals surface area (Å²) in [6, 6.07) is 7.24. The molecule has 1 saturated heterocycles. The molecule has 2 atom stereocenters. The summed E-state index contributed by atoms with van der Waals surface area (Å²) in [4.78, 5) is 27.6. The highest BCUT2D eigenvalue weighted by Gasteiger charge is 2.41. The Morgan fingerprint density at radius 2 is 1.96 bits per heavy atom. The minimum Gasteiger partial charge on any atom is -0.354 e. The number of carbonyl (C=O) groups is 2. The Bertz CT molecular complexity index is 586. The summed E-state index contributed by atoms with van der Waals surface area (Å²) >= 11 is 1.72. The van der Waals surface area contributed by atoms with Crippen LogP contribution in [0.4, 0.5) is 0 Å². The highest BCUT2D eigenvalue weighted by atomic mass is 32.2. The molecule has 1 aromatic carbocycles. The van der Waals surface area contributed by atoms with Gasteiger partial charge in [-0.2, -0.15) is 0 Å². The van der Waals surface area contributed by atoms with Gasteiger partial charge in [-0.3, -0.25) is 9.59 Å². The highest BCUT2D eigenvalue weighted by molar-refractivity contribution is 8.00. The van der Waals surface area contributed by atoms with Crippen molar-refractivity contribution in [1.29, 1.82) is 0 Å². The molecule has 1 heterocycles. The molecule has 0 aromatic heterocycles. The van der Waals surface area contributed by atoms with Crippen LogP contribution in [0.5, 0.6) is 0 Å². The summed E-state index contributed by atoms with van der Waals surface area (Å²) in [5.41, 5.74) is 1.79. The van der Waals surface area contributed by atoms with Gasteiger partial charge < -0.3 is 10.2 Å². The van der Waals surface area contributed by atoms with E-state index in [0.717, 1.165) is 24.8 Å². The van der Waals surface area contributed by atoms with Crippen LogP contribution < -0.4 is 5.32 Å². The Kier molecular flexibility index (Phi) is 7.36. The number of rotatable bonds is 7. The lowest BCUT2D eigenvalue weighted by molar-refractivity contribution is -0.124. The number of nitrogens with zero attached hydrogens (tertiary/aromatic N) is 1. The Morgan fingerprint density at radius 3 is 2.56 bits per heavy atom. The first-order valence-corrected chi connectivity index (χ1v) is 10.3. The molecular weight excluding hydrogens is 332 g/mol. The summed E-state index contributed by atoms with van der Waals surface area (Å²) in [7, 11) is 0. The Balaban J connectivity index is 2.19. The maximum atomic E-state index is 13.1. The van der Waals surface area contributed by atoms with Crippen molar-refractivity contribution >= 4 is 23.6 Å². The van der Waals surface area contributed by atoms with Crippen molar-refractivity contribution in [2.75, 3.05) is 12.3 Å². The topological polar surface area (TPSA) is 49.4 Å². The smallest absolute Gasteiger partial charge is 0.255 e. The molecule has 0 saturated carbocycles. The number of hydrogen-bond acceptors (Lipinski definition) is 3. The van der Waals surface area contributed by atoms with Crippen molar-refractivity contribution in [1.82, 2.24) is 10.2 Å². The molecule has 4 nitrogen and oxygen atoms in total. The number of benzene rings is 1. The molecule has 5 heteroatoms. The molecule has 0 aliphatic carbocycles. The predicted octanol–water partition coefficient (Wildman–Crippen LogP) is 3.84. The fraction of sp³-hybridized carbons (Fsp3) is 0.600. The van der Waals surface area contributed by atoms with E-state index in [9.17, 15) is 9.59 Å². The molecule has 0 radical (unpaired) electrons. The molecule has 25 heavy (non-hydrogen) atoms. The van der Waals surface area contributed by atoms with Crippen LogP contribution in [0.2, 0.25) is 0 Å². The van der Waals surface area contributed by atoms with E-state index in [1.807, 2.05) is 36.1 Å². The van der Waals surface area contributed by atoms with Gasteiger partial charge in [-0.25, -0.2) is 0 Å². The normalized spacial score (nSPS) is 20.1. The second-order valence-corrected chi connectivity index (χ2v) is 8.37. The van der Waals surface area contributed by atoms with E-state index in [1.165, 1.54) is 0 Å². The van der Waals surface area contributed by atoms with Crippen molar-refractivity contribution in [2.24, 2.45) is 5.92 Å². The molecule has 138 valence electrons. The van der Waals surface area contributed by atoms with Crippen molar-refractivity contribution in [3.05, 3.63) is 35.4 Å². The SMILES string of the molecule is CCCCNC(=O)C1CSC(CC(C)C)N1C(=O)c1ccc(C)cc1. The first-order valence-electron chi connectivity index (χ1n) is 9.22. The fourth-order valence-corrected chi connectivity index (χ4v) is 4.61. The average molecular weight is 363 g/mol. The summed E-state index contributed by atoms with van der Waals surface area (Å²) in [5, 5.41) is 3.06. The lowest BCUT2D eigenvalue weighted by Crippen LogP contribution is -2.50. The van der Waals surface area contributed by atoms with Crippen molar-refractivity contribution in [3.8, 4) is 0 Å².